The molecule has 0 spiro atoms. The zero-order chi connectivity index (χ0) is 27.2. The molecule has 3 aromatic rings. The number of benzene rings is 1. The van der Waals surface area contributed by atoms with Gasteiger partial charge >= 0.3 is 7.60 Å². The molecule has 1 unspecified atom stereocenters. The van der Waals surface area contributed by atoms with E-state index >= 15 is 0 Å². The fourth-order valence-electron chi connectivity index (χ4n) is 3.01. The van der Waals surface area contributed by atoms with Gasteiger partial charge in [0, 0.05) is 17.7 Å². The molecule has 2 aromatic heterocycles. The summed E-state index contributed by atoms with van der Waals surface area (Å²) in [4.78, 5) is 34.5. The monoisotopic (exact) mass is 555 g/mol. The van der Waals surface area contributed by atoms with Crippen LogP contribution >= 0.6 is 19.4 Å². The van der Waals surface area contributed by atoms with Crippen LogP contribution in [-0.4, -0.2) is 49.9 Å². The number of rotatable bonds is 12. The van der Waals surface area contributed by atoms with Crippen molar-refractivity contribution in [2.24, 2.45) is 5.41 Å². The van der Waals surface area contributed by atoms with Gasteiger partial charge in [-0.25, -0.2) is 9.37 Å². The number of aromatic amines is 1. The highest BCUT2D eigenvalue weighted by atomic mass is 32.2. The number of halogens is 1. The maximum Gasteiger partial charge on any atom is 0.356 e. The van der Waals surface area contributed by atoms with Crippen molar-refractivity contribution >= 4 is 41.6 Å². The lowest BCUT2D eigenvalue weighted by Gasteiger charge is -2.20. The van der Waals surface area contributed by atoms with Crippen molar-refractivity contribution in [3.05, 3.63) is 51.8 Å². The molecular weight excluding hydrogens is 524 g/mol. The third-order valence-corrected chi connectivity index (χ3v) is 7.94. The maximum absolute atomic E-state index is 13.9. The fraction of sp³-hybridized carbons (Fsp3) is 0.478. The van der Waals surface area contributed by atoms with E-state index in [2.05, 4.69) is 15.0 Å². The second kappa shape index (κ2) is 12.3. The van der Waals surface area contributed by atoms with Crippen LogP contribution in [0.4, 0.5) is 10.3 Å². The highest BCUT2D eigenvalue weighted by molar-refractivity contribution is 8.13. The Morgan fingerprint density at radius 2 is 2.03 bits per heavy atom. The van der Waals surface area contributed by atoms with Gasteiger partial charge in [0.05, 0.1) is 26.1 Å². The smallest absolute Gasteiger partial charge is 0.356 e. The number of carbonyl (C=O) groups excluding carboxylic acids is 1. The van der Waals surface area contributed by atoms with Crippen LogP contribution in [0.5, 0.6) is 0 Å². The second-order valence-corrected chi connectivity index (χ2v) is 12.3. The highest BCUT2D eigenvalue weighted by Gasteiger charge is 2.27. The molecule has 0 bridgehead atoms. The zero-order valence-corrected chi connectivity index (χ0v) is 22.9. The normalized spacial score (nSPS) is 13.6. The Morgan fingerprint density at radius 3 is 2.73 bits per heavy atom. The van der Waals surface area contributed by atoms with Crippen molar-refractivity contribution in [1.82, 2.24) is 19.5 Å². The predicted octanol–water partition coefficient (Wildman–Crippen LogP) is 3.86. The summed E-state index contributed by atoms with van der Waals surface area (Å²) in [7, 11) is -3.77. The Bertz CT molecular complexity index is 1360. The minimum Gasteiger partial charge on any atom is -0.369 e. The molecule has 202 valence electrons. The van der Waals surface area contributed by atoms with Crippen molar-refractivity contribution in [3.63, 3.8) is 0 Å². The predicted molar refractivity (Wildman–Crippen MR) is 140 cm³/mol. The maximum atomic E-state index is 13.9. The second-order valence-electron chi connectivity index (χ2n) is 9.29. The van der Waals surface area contributed by atoms with E-state index in [0.29, 0.717) is 16.8 Å². The molecule has 0 saturated heterocycles. The molecule has 0 amide bonds. The Balaban J connectivity index is 1.60. The van der Waals surface area contributed by atoms with E-state index in [4.69, 9.17) is 19.5 Å². The van der Waals surface area contributed by atoms with Gasteiger partial charge in [0.2, 0.25) is 5.95 Å². The number of aromatic nitrogens is 4. The first-order valence-corrected chi connectivity index (χ1v) is 14.2. The van der Waals surface area contributed by atoms with Crippen LogP contribution < -0.4 is 11.3 Å². The van der Waals surface area contributed by atoms with Gasteiger partial charge in [0.25, 0.3) is 5.56 Å². The SMILES string of the molecule is Cc1ccc(COP(=O)(COCCn2cnc3c(=O)[nH]c(N)nc32)OCCSC(=O)C(C)(C)C)cc1F. The minimum atomic E-state index is -3.77. The van der Waals surface area contributed by atoms with E-state index in [0.717, 1.165) is 11.8 Å². The number of aryl methyl sites for hydroxylation is 1. The molecule has 0 aliphatic carbocycles. The van der Waals surface area contributed by atoms with Gasteiger partial charge in [-0.2, -0.15) is 4.98 Å². The number of H-pyrrole nitrogens is 1. The van der Waals surface area contributed by atoms with Crippen molar-refractivity contribution < 1.29 is 27.5 Å². The summed E-state index contributed by atoms with van der Waals surface area (Å²) in [5.74, 6) is -0.154. The Hall–Kier alpha value is -2.57. The van der Waals surface area contributed by atoms with Crippen LogP contribution in [0, 0.1) is 18.2 Å². The fourth-order valence-corrected chi connectivity index (χ4v) is 5.21. The average molecular weight is 556 g/mol. The summed E-state index contributed by atoms with van der Waals surface area (Å²) in [6.07, 6.45) is 1.06. The first-order valence-electron chi connectivity index (χ1n) is 11.5. The molecule has 37 heavy (non-hydrogen) atoms. The lowest BCUT2D eigenvalue weighted by atomic mass is 10.00. The number of fused-ring (bicyclic) bond motifs is 1. The van der Waals surface area contributed by atoms with Gasteiger partial charge in [-0.3, -0.25) is 19.1 Å². The molecule has 2 heterocycles. The lowest BCUT2D eigenvalue weighted by Crippen LogP contribution is -2.17. The molecule has 0 radical (unpaired) electrons. The Kier molecular flexibility index (Phi) is 9.65. The lowest BCUT2D eigenvalue weighted by molar-refractivity contribution is -0.117. The number of nitrogens with zero attached hydrogens (tertiary/aromatic N) is 3. The average Bonchev–Trinajstić information content (AvgIpc) is 3.23. The van der Waals surface area contributed by atoms with Gasteiger partial charge < -0.3 is 24.1 Å². The number of carbonyl (C=O) groups is 1. The Morgan fingerprint density at radius 1 is 1.27 bits per heavy atom. The van der Waals surface area contributed by atoms with E-state index < -0.39 is 24.4 Å². The van der Waals surface area contributed by atoms with Crippen LogP contribution in [0.1, 0.15) is 31.9 Å². The molecule has 0 fully saturated rings. The van der Waals surface area contributed by atoms with E-state index in [1.807, 2.05) is 20.8 Å². The van der Waals surface area contributed by atoms with Crippen molar-refractivity contribution in [3.8, 4) is 0 Å². The molecule has 1 atom stereocenters. The summed E-state index contributed by atoms with van der Waals surface area (Å²) < 4.78 is 45.6. The van der Waals surface area contributed by atoms with E-state index in [-0.39, 0.29) is 55.0 Å². The van der Waals surface area contributed by atoms with Gasteiger partial charge in [0.15, 0.2) is 16.3 Å². The molecular formula is C23H31FN5O6PS. The molecule has 14 heteroatoms. The number of imidazole rings is 1. The minimum absolute atomic E-state index is 0.00643. The molecule has 11 nitrogen and oxygen atoms in total. The standard InChI is InChI=1S/C23H31FN5O6PS/c1-15-5-6-16(11-17(15)24)12-35-36(32,34-9-10-37-21(31)23(2,3)4)14-33-8-7-29-13-26-18-19(29)27-22(25)28-20(18)30/h5-6,11,13H,7-10,12,14H2,1-4H3,(H3,25,27,28,30). The number of nitrogens with two attached hydrogens (primary N) is 1. The first kappa shape index (κ1) is 29.0. The van der Waals surface area contributed by atoms with Gasteiger partial charge in [-0.05, 0) is 24.1 Å². The summed E-state index contributed by atoms with van der Waals surface area (Å²) in [5.41, 5.74) is 6.05. The number of thioether (sulfide) groups is 1. The number of nitrogen functional groups attached to an aromatic ring is 1. The molecule has 3 rings (SSSR count). The Labute approximate surface area is 217 Å². The van der Waals surface area contributed by atoms with Crippen LogP contribution in [0.3, 0.4) is 0 Å². The number of ether oxygens (including phenoxy) is 1. The van der Waals surface area contributed by atoms with Crippen LogP contribution in [-0.2, 0) is 36.3 Å². The summed E-state index contributed by atoms with van der Waals surface area (Å²) in [6.45, 7) is 7.25. The van der Waals surface area contributed by atoms with E-state index in [1.165, 1.54) is 12.4 Å². The molecule has 1 aromatic carbocycles. The first-order chi connectivity index (χ1) is 17.4. The molecule has 3 N–H and O–H groups in total. The number of hydrogen-bond donors (Lipinski definition) is 2. The number of nitrogens with one attached hydrogen (secondary N) is 1. The highest BCUT2D eigenvalue weighted by Crippen LogP contribution is 2.49. The van der Waals surface area contributed by atoms with Gasteiger partial charge in [-0.1, -0.05) is 44.7 Å². The van der Waals surface area contributed by atoms with Crippen molar-refractivity contribution in [2.75, 3.05) is 31.0 Å². The number of anilines is 1. The molecule has 0 aliphatic rings. The summed E-state index contributed by atoms with van der Waals surface area (Å²) in [6, 6.07) is 4.58. The summed E-state index contributed by atoms with van der Waals surface area (Å²) >= 11 is 1.09. The zero-order valence-electron chi connectivity index (χ0n) is 21.2. The van der Waals surface area contributed by atoms with Crippen LogP contribution in [0.2, 0.25) is 0 Å². The third-order valence-electron chi connectivity index (χ3n) is 5.10. The number of hydrogen-bond acceptors (Lipinski definition) is 10. The van der Waals surface area contributed by atoms with E-state index in [9.17, 15) is 18.5 Å². The van der Waals surface area contributed by atoms with Crippen LogP contribution in [0.25, 0.3) is 11.2 Å². The van der Waals surface area contributed by atoms with Gasteiger partial charge in [-0.15, -0.1) is 0 Å². The van der Waals surface area contributed by atoms with E-state index in [1.54, 1.807) is 23.6 Å². The molecule has 0 aliphatic heterocycles. The largest absolute Gasteiger partial charge is 0.369 e. The topological polar surface area (TPSA) is 151 Å². The summed E-state index contributed by atoms with van der Waals surface area (Å²) in [5, 5.41) is -0.0149. The third kappa shape index (κ3) is 8.21. The molecule has 0 saturated carbocycles. The van der Waals surface area contributed by atoms with Crippen molar-refractivity contribution in [1.29, 1.82) is 0 Å². The van der Waals surface area contributed by atoms with Crippen LogP contribution in [0.15, 0.2) is 29.3 Å². The van der Waals surface area contributed by atoms with Gasteiger partial charge in [0.1, 0.15) is 12.2 Å². The quantitative estimate of drug-likeness (QED) is 0.249. The van der Waals surface area contributed by atoms with Crippen molar-refractivity contribution in [2.45, 2.75) is 40.8 Å².